The third kappa shape index (κ3) is 3.48. The zero-order valence-electron chi connectivity index (χ0n) is 9.30. The van der Waals surface area contributed by atoms with Crippen molar-refractivity contribution in [3.8, 4) is 0 Å². The van der Waals surface area contributed by atoms with Gasteiger partial charge in [0.1, 0.15) is 0 Å². The van der Waals surface area contributed by atoms with E-state index in [1.807, 2.05) is 14.0 Å². The number of hydrogen-bond donors (Lipinski definition) is 1. The number of likely N-dealkylation sites (N-methyl/N-ethyl adjacent to an activating group) is 1. The quantitative estimate of drug-likeness (QED) is 0.863. The second-order valence-electron chi connectivity index (χ2n) is 3.63. The van der Waals surface area contributed by atoms with E-state index < -0.39 is 11.7 Å². The number of rotatable bonds is 4. The van der Waals surface area contributed by atoms with Crippen LogP contribution in [0.15, 0.2) is 18.3 Å². The van der Waals surface area contributed by atoms with Crippen LogP contribution in [0.3, 0.4) is 0 Å². The van der Waals surface area contributed by atoms with Crippen molar-refractivity contribution < 1.29 is 13.2 Å². The molecule has 1 heterocycles. The van der Waals surface area contributed by atoms with Gasteiger partial charge >= 0.3 is 6.18 Å². The maximum Gasteiger partial charge on any atom is 0.417 e. The molecule has 0 aliphatic carbocycles. The molecule has 0 bridgehead atoms. The summed E-state index contributed by atoms with van der Waals surface area (Å²) in [6.07, 6.45) is -1.86. The zero-order chi connectivity index (χ0) is 12.2. The molecule has 1 rings (SSSR count). The SMILES string of the molecule is CCC(Cc1ccc(C(F)(F)F)cn1)NC. The van der Waals surface area contributed by atoms with Crippen LogP contribution in [0.1, 0.15) is 24.6 Å². The predicted molar refractivity (Wildman–Crippen MR) is 56.1 cm³/mol. The molecule has 1 atom stereocenters. The lowest BCUT2D eigenvalue weighted by atomic mass is 10.1. The Kier molecular flexibility index (Phi) is 4.29. The maximum absolute atomic E-state index is 12.3. The van der Waals surface area contributed by atoms with Gasteiger partial charge in [0.25, 0.3) is 0 Å². The molecule has 0 aliphatic heterocycles. The smallest absolute Gasteiger partial charge is 0.317 e. The van der Waals surface area contributed by atoms with E-state index in [-0.39, 0.29) is 6.04 Å². The molecule has 0 amide bonds. The minimum Gasteiger partial charge on any atom is -0.317 e. The lowest BCUT2D eigenvalue weighted by Crippen LogP contribution is -2.26. The first-order valence-corrected chi connectivity index (χ1v) is 5.16. The lowest BCUT2D eigenvalue weighted by molar-refractivity contribution is -0.137. The molecule has 1 aromatic heterocycles. The highest BCUT2D eigenvalue weighted by atomic mass is 19.4. The monoisotopic (exact) mass is 232 g/mol. The molecule has 0 saturated heterocycles. The van der Waals surface area contributed by atoms with Crippen LogP contribution in [-0.4, -0.2) is 18.1 Å². The third-order valence-corrected chi connectivity index (χ3v) is 2.51. The Morgan fingerprint density at radius 3 is 2.44 bits per heavy atom. The topological polar surface area (TPSA) is 24.9 Å². The highest BCUT2D eigenvalue weighted by Crippen LogP contribution is 2.28. The van der Waals surface area contributed by atoms with Gasteiger partial charge in [0.2, 0.25) is 0 Å². The molecular weight excluding hydrogens is 217 g/mol. The molecular formula is C11H15F3N2. The highest BCUT2D eigenvalue weighted by molar-refractivity contribution is 5.17. The van der Waals surface area contributed by atoms with E-state index >= 15 is 0 Å². The second-order valence-corrected chi connectivity index (χ2v) is 3.63. The molecule has 1 N–H and O–H groups in total. The van der Waals surface area contributed by atoms with Gasteiger partial charge in [-0.3, -0.25) is 4.98 Å². The van der Waals surface area contributed by atoms with Crippen LogP contribution >= 0.6 is 0 Å². The van der Waals surface area contributed by atoms with Crippen LogP contribution in [0, 0.1) is 0 Å². The van der Waals surface area contributed by atoms with Gasteiger partial charge in [0.05, 0.1) is 5.56 Å². The molecule has 0 radical (unpaired) electrons. The predicted octanol–water partition coefficient (Wildman–Crippen LogP) is 2.64. The summed E-state index contributed by atoms with van der Waals surface area (Å²) in [5.41, 5.74) is -0.0250. The van der Waals surface area contributed by atoms with E-state index in [1.165, 1.54) is 6.07 Å². The fraction of sp³-hybridized carbons (Fsp3) is 0.545. The van der Waals surface area contributed by atoms with Crippen molar-refractivity contribution in [3.05, 3.63) is 29.6 Å². The van der Waals surface area contributed by atoms with Crippen molar-refractivity contribution in [2.45, 2.75) is 32.0 Å². The Morgan fingerprint density at radius 2 is 2.06 bits per heavy atom. The average Bonchev–Trinajstić information content (AvgIpc) is 2.25. The lowest BCUT2D eigenvalue weighted by Gasteiger charge is -2.13. The highest BCUT2D eigenvalue weighted by Gasteiger charge is 2.30. The molecule has 5 heteroatoms. The van der Waals surface area contributed by atoms with E-state index in [4.69, 9.17) is 0 Å². The number of alkyl halides is 3. The summed E-state index contributed by atoms with van der Waals surface area (Å²) in [7, 11) is 1.83. The van der Waals surface area contributed by atoms with E-state index in [9.17, 15) is 13.2 Å². The molecule has 1 unspecified atom stereocenters. The second kappa shape index (κ2) is 5.30. The van der Waals surface area contributed by atoms with E-state index in [0.717, 1.165) is 18.7 Å². The third-order valence-electron chi connectivity index (χ3n) is 2.51. The molecule has 0 aromatic carbocycles. The largest absolute Gasteiger partial charge is 0.417 e. The standard InChI is InChI=1S/C11H15F3N2/c1-3-9(15-2)6-10-5-4-8(7-16-10)11(12,13)14/h4-5,7,9,15H,3,6H2,1-2H3. The van der Waals surface area contributed by atoms with Gasteiger partial charge in [-0.2, -0.15) is 13.2 Å². The summed E-state index contributed by atoms with van der Waals surface area (Å²) in [6, 6.07) is 2.76. The van der Waals surface area contributed by atoms with Crippen molar-refractivity contribution >= 4 is 0 Å². The van der Waals surface area contributed by atoms with Gasteiger partial charge in [-0.1, -0.05) is 6.92 Å². The minimum absolute atomic E-state index is 0.254. The van der Waals surface area contributed by atoms with Crippen molar-refractivity contribution in [1.29, 1.82) is 0 Å². The van der Waals surface area contributed by atoms with Crippen LogP contribution in [0.5, 0.6) is 0 Å². The van der Waals surface area contributed by atoms with Gasteiger partial charge < -0.3 is 5.32 Å². The van der Waals surface area contributed by atoms with Crippen molar-refractivity contribution in [1.82, 2.24) is 10.3 Å². The Hall–Kier alpha value is -1.10. The van der Waals surface area contributed by atoms with E-state index in [1.54, 1.807) is 0 Å². The number of nitrogens with one attached hydrogen (secondary N) is 1. The molecule has 0 fully saturated rings. The first-order valence-electron chi connectivity index (χ1n) is 5.16. The van der Waals surface area contributed by atoms with Crippen molar-refractivity contribution in [3.63, 3.8) is 0 Å². The number of hydrogen-bond acceptors (Lipinski definition) is 2. The number of halogens is 3. The van der Waals surface area contributed by atoms with E-state index in [2.05, 4.69) is 10.3 Å². The summed E-state index contributed by atoms with van der Waals surface area (Å²) in [5, 5.41) is 3.08. The minimum atomic E-state index is -4.31. The van der Waals surface area contributed by atoms with Crippen LogP contribution < -0.4 is 5.32 Å². The number of nitrogens with zero attached hydrogens (tertiary/aromatic N) is 1. The molecule has 16 heavy (non-hydrogen) atoms. The normalized spacial score (nSPS) is 13.8. The Bertz CT molecular complexity index is 315. The molecule has 0 spiro atoms. The van der Waals surface area contributed by atoms with Gasteiger partial charge in [0.15, 0.2) is 0 Å². The summed E-state index contributed by atoms with van der Waals surface area (Å²) in [4.78, 5) is 3.82. The van der Waals surface area contributed by atoms with E-state index in [0.29, 0.717) is 12.1 Å². The van der Waals surface area contributed by atoms with Crippen molar-refractivity contribution in [2.75, 3.05) is 7.05 Å². The molecule has 2 nitrogen and oxygen atoms in total. The van der Waals surface area contributed by atoms with Gasteiger partial charge in [-0.25, -0.2) is 0 Å². The Labute approximate surface area is 92.9 Å². The number of pyridine rings is 1. The molecule has 0 aliphatic rings. The van der Waals surface area contributed by atoms with Crippen LogP contribution in [0.2, 0.25) is 0 Å². The summed E-state index contributed by atoms with van der Waals surface area (Å²) < 4.78 is 36.8. The molecule has 1 aromatic rings. The first-order chi connectivity index (χ1) is 7.47. The molecule has 0 saturated carbocycles. The summed E-state index contributed by atoms with van der Waals surface area (Å²) in [6.45, 7) is 2.02. The van der Waals surface area contributed by atoms with Gasteiger partial charge in [-0.15, -0.1) is 0 Å². The fourth-order valence-corrected chi connectivity index (χ4v) is 1.42. The summed E-state index contributed by atoms with van der Waals surface area (Å²) in [5.74, 6) is 0. The van der Waals surface area contributed by atoms with Crippen molar-refractivity contribution in [2.24, 2.45) is 0 Å². The zero-order valence-corrected chi connectivity index (χ0v) is 9.30. The fourth-order valence-electron chi connectivity index (χ4n) is 1.42. The maximum atomic E-state index is 12.3. The molecule has 90 valence electrons. The van der Waals surface area contributed by atoms with Gasteiger partial charge in [-0.05, 0) is 25.6 Å². The number of aromatic nitrogens is 1. The summed E-state index contributed by atoms with van der Waals surface area (Å²) >= 11 is 0. The van der Waals surface area contributed by atoms with Crippen LogP contribution in [0.25, 0.3) is 0 Å². The average molecular weight is 232 g/mol. The Morgan fingerprint density at radius 1 is 1.38 bits per heavy atom. The van der Waals surface area contributed by atoms with Crippen LogP contribution in [-0.2, 0) is 12.6 Å². The van der Waals surface area contributed by atoms with Gasteiger partial charge in [0, 0.05) is 24.4 Å². The Balaban J connectivity index is 2.72. The first kappa shape index (κ1) is 13.0. The van der Waals surface area contributed by atoms with Crippen LogP contribution in [0.4, 0.5) is 13.2 Å².